The SMILES string of the molecule is Cn1cc(CCNC(=O)Cc2ccccc2N)cn1. The van der Waals surface area contributed by atoms with Crippen molar-refractivity contribution in [3.05, 3.63) is 47.8 Å². The lowest BCUT2D eigenvalue weighted by Crippen LogP contribution is -2.27. The summed E-state index contributed by atoms with van der Waals surface area (Å²) in [5.41, 5.74) is 8.43. The van der Waals surface area contributed by atoms with Crippen LogP contribution in [0.25, 0.3) is 0 Å². The van der Waals surface area contributed by atoms with Gasteiger partial charge in [0.15, 0.2) is 0 Å². The third-order valence-electron chi connectivity index (χ3n) is 2.90. The molecule has 0 atom stereocenters. The summed E-state index contributed by atoms with van der Waals surface area (Å²) < 4.78 is 1.75. The van der Waals surface area contributed by atoms with E-state index in [0.29, 0.717) is 18.7 Å². The first-order valence-corrected chi connectivity index (χ1v) is 6.23. The van der Waals surface area contributed by atoms with Crippen molar-refractivity contribution >= 4 is 11.6 Å². The first kappa shape index (κ1) is 13.1. The Hall–Kier alpha value is -2.30. The molecule has 19 heavy (non-hydrogen) atoms. The van der Waals surface area contributed by atoms with Crippen LogP contribution in [0.3, 0.4) is 0 Å². The van der Waals surface area contributed by atoms with Crippen LogP contribution in [0.4, 0.5) is 5.69 Å². The number of carbonyl (C=O) groups is 1. The highest BCUT2D eigenvalue weighted by molar-refractivity contribution is 5.80. The lowest BCUT2D eigenvalue weighted by molar-refractivity contribution is -0.120. The molecular formula is C14H18N4O. The number of nitrogens with two attached hydrogens (primary N) is 1. The highest BCUT2D eigenvalue weighted by atomic mass is 16.1. The van der Waals surface area contributed by atoms with E-state index < -0.39 is 0 Å². The summed E-state index contributed by atoms with van der Waals surface area (Å²) in [5, 5.41) is 6.97. The predicted octanol–water partition coefficient (Wildman–Crippen LogP) is 0.904. The molecule has 3 N–H and O–H groups in total. The zero-order valence-electron chi connectivity index (χ0n) is 11.0. The normalized spacial score (nSPS) is 10.4. The van der Waals surface area contributed by atoms with E-state index in [-0.39, 0.29) is 5.91 Å². The first-order valence-electron chi connectivity index (χ1n) is 6.23. The van der Waals surface area contributed by atoms with E-state index in [2.05, 4.69) is 10.4 Å². The van der Waals surface area contributed by atoms with Gasteiger partial charge >= 0.3 is 0 Å². The molecule has 0 radical (unpaired) electrons. The number of hydrogen-bond donors (Lipinski definition) is 2. The molecule has 0 aliphatic carbocycles. The molecule has 0 saturated heterocycles. The lowest BCUT2D eigenvalue weighted by Gasteiger charge is -2.06. The van der Waals surface area contributed by atoms with Crippen molar-refractivity contribution < 1.29 is 4.79 Å². The average molecular weight is 258 g/mol. The van der Waals surface area contributed by atoms with E-state index in [1.54, 1.807) is 16.9 Å². The molecule has 2 aromatic rings. The number of para-hydroxylation sites is 1. The fourth-order valence-corrected chi connectivity index (χ4v) is 1.88. The number of carbonyl (C=O) groups excluding carboxylic acids is 1. The zero-order valence-corrected chi connectivity index (χ0v) is 11.0. The number of aryl methyl sites for hydroxylation is 1. The van der Waals surface area contributed by atoms with Gasteiger partial charge in [-0.3, -0.25) is 9.48 Å². The van der Waals surface area contributed by atoms with Crippen molar-refractivity contribution in [3.8, 4) is 0 Å². The van der Waals surface area contributed by atoms with E-state index >= 15 is 0 Å². The monoisotopic (exact) mass is 258 g/mol. The molecule has 100 valence electrons. The highest BCUT2D eigenvalue weighted by Crippen LogP contribution is 2.10. The van der Waals surface area contributed by atoms with Gasteiger partial charge in [-0.15, -0.1) is 0 Å². The Morgan fingerprint density at radius 1 is 1.42 bits per heavy atom. The van der Waals surface area contributed by atoms with E-state index in [9.17, 15) is 4.79 Å². The number of nitrogens with zero attached hydrogens (tertiary/aromatic N) is 2. The van der Waals surface area contributed by atoms with E-state index in [1.165, 1.54) is 0 Å². The van der Waals surface area contributed by atoms with Gasteiger partial charge in [-0.05, 0) is 23.6 Å². The fraction of sp³-hybridized carbons (Fsp3) is 0.286. The van der Waals surface area contributed by atoms with Gasteiger partial charge in [0.1, 0.15) is 0 Å². The molecule has 5 heteroatoms. The molecule has 0 bridgehead atoms. The van der Waals surface area contributed by atoms with Gasteiger partial charge in [0.2, 0.25) is 5.91 Å². The Labute approximate surface area is 112 Å². The van der Waals surface area contributed by atoms with Crippen molar-refractivity contribution in [1.29, 1.82) is 0 Å². The van der Waals surface area contributed by atoms with Crippen molar-refractivity contribution in [3.63, 3.8) is 0 Å². The van der Waals surface area contributed by atoms with Crippen LogP contribution in [0.5, 0.6) is 0 Å². The maximum atomic E-state index is 11.8. The van der Waals surface area contributed by atoms with Gasteiger partial charge in [-0.1, -0.05) is 18.2 Å². The molecule has 1 aromatic carbocycles. The lowest BCUT2D eigenvalue weighted by atomic mass is 10.1. The van der Waals surface area contributed by atoms with Crippen LogP contribution < -0.4 is 11.1 Å². The van der Waals surface area contributed by atoms with Crippen LogP contribution in [-0.2, 0) is 24.7 Å². The van der Waals surface area contributed by atoms with Crippen molar-refractivity contribution in [1.82, 2.24) is 15.1 Å². The smallest absolute Gasteiger partial charge is 0.224 e. The molecule has 0 aliphatic heterocycles. The van der Waals surface area contributed by atoms with Gasteiger partial charge in [-0.2, -0.15) is 5.10 Å². The zero-order chi connectivity index (χ0) is 13.7. The van der Waals surface area contributed by atoms with Crippen LogP contribution in [0.15, 0.2) is 36.7 Å². The van der Waals surface area contributed by atoms with Gasteiger partial charge in [0.25, 0.3) is 0 Å². The molecule has 2 rings (SSSR count). The van der Waals surface area contributed by atoms with Crippen molar-refractivity contribution in [2.75, 3.05) is 12.3 Å². The quantitative estimate of drug-likeness (QED) is 0.783. The van der Waals surface area contributed by atoms with Gasteiger partial charge in [0, 0.05) is 25.5 Å². The van der Waals surface area contributed by atoms with E-state index in [0.717, 1.165) is 17.5 Å². The number of nitrogen functional groups attached to an aromatic ring is 1. The van der Waals surface area contributed by atoms with E-state index in [1.807, 2.05) is 31.4 Å². The Kier molecular flexibility index (Phi) is 4.18. The summed E-state index contributed by atoms with van der Waals surface area (Å²) in [6, 6.07) is 7.42. The Balaban J connectivity index is 1.77. The number of aromatic nitrogens is 2. The Morgan fingerprint density at radius 2 is 2.21 bits per heavy atom. The summed E-state index contributed by atoms with van der Waals surface area (Å²) >= 11 is 0. The third kappa shape index (κ3) is 3.84. The molecule has 1 aromatic heterocycles. The molecule has 1 amide bonds. The van der Waals surface area contributed by atoms with Crippen LogP contribution in [-0.4, -0.2) is 22.2 Å². The number of hydrogen-bond acceptors (Lipinski definition) is 3. The average Bonchev–Trinajstić information content (AvgIpc) is 2.78. The summed E-state index contributed by atoms with van der Waals surface area (Å²) in [4.78, 5) is 11.8. The number of rotatable bonds is 5. The number of benzene rings is 1. The number of amides is 1. The number of anilines is 1. The number of nitrogens with one attached hydrogen (secondary N) is 1. The second-order valence-corrected chi connectivity index (χ2v) is 4.50. The fourth-order valence-electron chi connectivity index (χ4n) is 1.88. The Bertz CT molecular complexity index is 562. The summed E-state index contributed by atoms with van der Waals surface area (Å²) in [6.45, 7) is 0.608. The van der Waals surface area contributed by atoms with E-state index in [4.69, 9.17) is 5.73 Å². The molecule has 0 spiro atoms. The summed E-state index contributed by atoms with van der Waals surface area (Å²) in [6.07, 6.45) is 4.85. The minimum atomic E-state index is -0.0122. The largest absolute Gasteiger partial charge is 0.398 e. The minimum absolute atomic E-state index is 0.0122. The van der Waals surface area contributed by atoms with Gasteiger partial charge < -0.3 is 11.1 Å². The molecule has 1 heterocycles. The van der Waals surface area contributed by atoms with Crippen LogP contribution >= 0.6 is 0 Å². The third-order valence-corrected chi connectivity index (χ3v) is 2.90. The maximum absolute atomic E-state index is 11.8. The van der Waals surface area contributed by atoms with Crippen LogP contribution in [0.2, 0.25) is 0 Å². The summed E-state index contributed by atoms with van der Waals surface area (Å²) in [7, 11) is 1.88. The van der Waals surface area contributed by atoms with Gasteiger partial charge in [-0.25, -0.2) is 0 Å². The minimum Gasteiger partial charge on any atom is -0.398 e. The standard InChI is InChI=1S/C14H18N4O/c1-18-10-11(9-17-18)6-7-16-14(19)8-12-4-2-3-5-13(12)15/h2-5,9-10H,6-8,15H2,1H3,(H,16,19). The molecule has 0 aliphatic rings. The van der Waals surface area contributed by atoms with Crippen molar-refractivity contribution in [2.24, 2.45) is 7.05 Å². The second kappa shape index (κ2) is 6.04. The second-order valence-electron chi connectivity index (χ2n) is 4.50. The van der Waals surface area contributed by atoms with Gasteiger partial charge in [0.05, 0.1) is 12.6 Å². The summed E-state index contributed by atoms with van der Waals surface area (Å²) in [5.74, 6) is -0.0122. The topological polar surface area (TPSA) is 72.9 Å². The van der Waals surface area contributed by atoms with Crippen LogP contribution in [0, 0.1) is 0 Å². The highest BCUT2D eigenvalue weighted by Gasteiger charge is 2.05. The molecule has 0 fully saturated rings. The van der Waals surface area contributed by atoms with Crippen LogP contribution in [0.1, 0.15) is 11.1 Å². The molecule has 5 nitrogen and oxygen atoms in total. The Morgan fingerprint density at radius 3 is 2.89 bits per heavy atom. The molecular weight excluding hydrogens is 240 g/mol. The first-order chi connectivity index (χ1) is 9.15. The molecule has 0 unspecified atom stereocenters. The maximum Gasteiger partial charge on any atom is 0.224 e. The van der Waals surface area contributed by atoms with Crippen molar-refractivity contribution in [2.45, 2.75) is 12.8 Å². The predicted molar refractivity (Wildman–Crippen MR) is 74.5 cm³/mol. The molecule has 0 saturated carbocycles.